The van der Waals surface area contributed by atoms with E-state index in [0.29, 0.717) is 0 Å². The number of nitrogens with zero attached hydrogens (tertiary/aromatic N) is 3. The Morgan fingerprint density at radius 3 is 2.90 bits per heavy atom. The number of rotatable bonds is 1. The normalized spacial score (nSPS) is 14.4. The lowest BCUT2D eigenvalue weighted by Gasteiger charge is -2.15. The summed E-state index contributed by atoms with van der Waals surface area (Å²) in [5.41, 5.74) is 11.3. The SMILES string of the molecule is Nc1ccc(-n2cnc3c2CCCC3)c2cccnc12. The zero-order valence-corrected chi connectivity index (χ0v) is 11.2. The molecule has 4 nitrogen and oxygen atoms in total. The summed E-state index contributed by atoms with van der Waals surface area (Å²) in [6.45, 7) is 0. The molecule has 2 aromatic heterocycles. The average molecular weight is 264 g/mol. The molecule has 1 aromatic carbocycles. The first-order valence-corrected chi connectivity index (χ1v) is 7.03. The van der Waals surface area contributed by atoms with E-state index >= 15 is 0 Å². The topological polar surface area (TPSA) is 56.7 Å². The van der Waals surface area contributed by atoms with Crippen LogP contribution in [0.25, 0.3) is 16.6 Å². The van der Waals surface area contributed by atoms with Crippen LogP contribution in [0.1, 0.15) is 24.2 Å². The molecule has 0 spiro atoms. The third kappa shape index (κ3) is 1.61. The molecule has 0 bridgehead atoms. The van der Waals surface area contributed by atoms with Gasteiger partial charge in [-0.25, -0.2) is 4.98 Å². The minimum Gasteiger partial charge on any atom is -0.397 e. The van der Waals surface area contributed by atoms with Crippen molar-refractivity contribution in [2.45, 2.75) is 25.7 Å². The van der Waals surface area contributed by atoms with Gasteiger partial charge < -0.3 is 10.3 Å². The second kappa shape index (κ2) is 4.34. The summed E-state index contributed by atoms with van der Waals surface area (Å²) in [4.78, 5) is 8.98. The minimum atomic E-state index is 0.721. The first-order chi connectivity index (χ1) is 9.84. The maximum atomic E-state index is 6.03. The van der Waals surface area contributed by atoms with Crippen molar-refractivity contribution in [3.63, 3.8) is 0 Å². The van der Waals surface area contributed by atoms with E-state index < -0.39 is 0 Å². The number of nitrogens with two attached hydrogens (primary N) is 1. The minimum absolute atomic E-state index is 0.721. The van der Waals surface area contributed by atoms with E-state index in [-0.39, 0.29) is 0 Å². The smallest absolute Gasteiger partial charge is 0.0997 e. The van der Waals surface area contributed by atoms with E-state index in [4.69, 9.17) is 5.73 Å². The van der Waals surface area contributed by atoms with Crippen molar-refractivity contribution in [3.8, 4) is 5.69 Å². The lowest BCUT2D eigenvalue weighted by atomic mass is 10.0. The molecule has 0 unspecified atom stereocenters. The Morgan fingerprint density at radius 1 is 1.05 bits per heavy atom. The van der Waals surface area contributed by atoms with Gasteiger partial charge in [0.25, 0.3) is 0 Å². The Balaban J connectivity index is 1.99. The van der Waals surface area contributed by atoms with Gasteiger partial charge in [0.05, 0.1) is 28.9 Å². The molecule has 0 amide bonds. The van der Waals surface area contributed by atoms with Gasteiger partial charge in [-0.05, 0) is 49.9 Å². The summed E-state index contributed by atoms with van der Waals surface area (Å²) in [5, 5.41) is 1.08. The average Bonchev–Trinajstić information content (AvgIpc) is 2.92. The summed E-state index contributed by atoms with van der Waals surface area (Å²) < 4.78 is 2.21. The second-order valence-electron chi connectivity index (χ2n) is 5.29. The monoisotopic (exact) mass is 264 g/mol. The molecule has 0 saturated carbocycles. The standard InChI is InChI=1S/C16H16N4/c17-12-7-8-14(11-4-3-9-18-16(11)12)20-10-19-13-5-1-2-6-15(13)20/h3-4,7-10H,1-2,5-6,17H2. The van der Waals surface area contributed by atoms with Crippen LogP contribution in [-0.4, -0.2) is 14.5 Å². The van der Waals surface area contributed by atoms with Crippen LogP contribution < -0.4 is 5.73 Å². The highest BCUT2D eigenvalue weighted by Gasteiger charge is 2.17. The number of hydrogen-bond acceptors (Lipinski definition) is 3. The zero-order valence-electron chi connectivity index (χ0n) is 11.2. The molecule has 3 aromatic rings. The number of fused-ring (bicyclic) bond motifs is 2. The number of hydrogen-bond donors (Lipinski definition) is 1. The van der Waals surface area contributed by atoms with E-state index in [2.05, 4.69) is 26.7 Å². The van der Waals surface area contributed by atoms with Gasteiger partial charge >= 0.3 is 0 Å². The van der Waals surface area contributed by atoms with Gasteiger partial charge in [0.1, 0.15) is 0 Å². The van der Waals surface area contributed by atoms with E-state index in [9.17, 15) is 0 Å². The van der Waals surface area contributed by atoms with Gasteiger partial charge in [-0.2, -0.15) is 0 Å². The number of pyridine rings is 1. The molecular weight excluding hydrogens is 248 g/mol. The number of anilines is 1. The van der Waals surface area contributed by atoms with Crippen LogP contribution in [0.15, 0.2) is 36.8 Å². The molecular formula is C16H16N4. The Kier molecular flexibility index (Phi) is 2.49. The number of aromatic nitrogens is 3. The molecule has 2 heterocycles. The van der Waals surface area contributed by atoms with Crippen LogP contribution in [0.5, 0.6) is 0 Å². The van der Waals surface area contributed by atoms with Gasteiger partial charge in [-0.1, -0.05) is 0 Å². The molecule has 0 atom stereocenters. The molecule has 0 saturated heterocycles. The highest BCUT2D eigenvalue weighted by molar-refractivity contribution is 5.95. The molecule has 20 heavy (non-hydrogen) atoms. The van der Waals surface area contributed by atoms with E-state index in [1.54, 1.807) is 6.20 Å². The van der Waals surface area contributed by atoms with E-state index in [1.807, 2.05) is 18.5 Å². The van der Waals surface area contributed by atoms with E-state index in [0.717, 1.165) is 35.1 Å². The highest BCUT2D eigenvalue weighted by atomic mass is 15.1. The summed E-state index contributed by atoms with van der Waals surface area (Å²) in [6, 6.07) is 8.02. The number of imidazole rings is 1. The van der Waals surface area contributed by atoms with E-state index in [1.165, 1.54) is 24.2 Å². The van der Waals surface area contributed by atoms with Crippen LogP contribution in [-0.2, 0) is 12.8 Å². The first-order valence-electron chi connectivity index (χ1n) is 7.03. The maximum absolute atomic E-state index is 6.03. The van der Waals surface area contributed by atoms with Crippen molar-refractivity contribution in [1.29, 1.82) is 0 Å². The van der Waals surface area contributed by atoms with Crippen molar-refractivity contribution in [2.75, 3.05) is 5.73 Å². The predicted molar refractivity (Wildman–Crippen MR) is 79.9 cm³/mol. The fraction of sp³-hybridized carbons (Fsp3) is 0.250. The van der Waals surface area contributed by atoms with Crippen molar-refractivity contribution in [3.05, 3.63) is 48.2 Å². The fourth-order valence-electron chi connectivity index (χ4n) is 3.07. The number of benzene rings is 1. The van der Waals surface area contributed by atoms with Crippen LogP contribution >= 0.6 is 0 Å². The molecule has 100 valence electrons. The largest absolute Gasteiger partial charge is 0.397 e. The Hall–Kier alpha value is -2.36. The number of nitrogen functional groups attached to an aromatic ring is 1. The van der Waals surface area contributed by atoms with Gasteiger partial charge in [0.15, 0.2) is 0 Å². The van der Waals surface area contributed by atoms with Gasteiger partial charge in [-0.3, -0.25) is 4.98 Å². The van der Waals surface area contributed by atoms with Crippen LogP contribution in [0.4, 0.5) is 5.69 Å². The number of aryl methyl sites for hydroxylation is 1. The van der Waals surface area contributed by atoms with Crippen molar-refractivity contribution in [2.24, 2.45) is 0 Å². The zero-order chi connectivity index (χ0) is 13.5. The van der Waals surface area contributed by atoms with Crippen molar-refractivity contribution < 1.29 is 0 Å². The van der Waals surface area contributed by atoms with Crippen molar-refractivity contribution in [1.82, 2.24) is 14.5 Å². The predicted octanol–water partition coefficient (Wildman–Crippen LogP) is 2.88. The Labute approximate surface area is 117 Å². The molecule has 4 rings (SSSR count). The van der Waals surface area contributed by atoms with Crippen LogP contribution in [0.3, 0.4) is 0 Å². The lowest BCUT2D eigenvalue weighted by Crippen LogP contribution is -2.07. The molecule has 1 aliphatic rings. The van der Waals surface area contributed by atoms with Gasteiger partial charge in [0.2, 0.25) is 0 Å². The van der Waals surface area contributed by atoms with Crippen LogP contribution in [0, 0.1) is 0 Å². The summed E-state index contributed by atoms with van der Waals surface area (Å²) >= 11 is 0. The second-order valence-corrected chi connectivity index (χ2v) is 5.29. The van der Waals surface area contributed by atoms with Crippen LogP contribution in [0.2, 0.25) is 0 Å². The molecule has 0 aliphatic heterocycles. The van der Waals surface area contributed by atoms with Crippen molar-refractivity contribution >= 4 is 16.6 Å². The summed E-state index contributed by atoms with van der Waals surface area (Å²) in [5.74, 6) is 0. The van der Waals surface area contributed by atoms with Gasteiger partial charge in [-0.15, -0.1) is 0 Å². The molecule has 1 aliphatic carbocycles. The highest BCUT2D eigenvalue weighted by Crippen LogP contribution is 2.29. The molecule has 0 fully saturated rings. The lowest BCUT2D eigenvalue weighted by molar-refractivity contribution is 0.656. The Bertz CT molecular complexity index is 788. The summed E-state index contributed by atoms with van der Waals surface area (Å²) in [6.07, 6.45) is 8.40. The Morgan fingerprint density at radius 2 is 1.95 bits per heavy atom. The summed E-state index contributed by atoms with van der Waals surface area (Å²) in [7, 11) is 0. The third-order valence-electron chi connectivity index (χ3n) is 4.07. The maximum Gasteiger partial charge on any atom is 0.0997 e. The quantitative estimate of drug-likeness (QED) is 0.687. The first kappa shape index (κ1) is 11.5. The molecule has 4 heteroatoms. The fourth-order valence-corrected chi connectivity index (χ4v) is 3.07. The third-order valence-corrected chi connectivity index (χ3v) is 4.07. The van der Waals surface area contributed by atoms with Gasteiger partial charge in [0, 0.05) is 17.3 Å². The molecule has 0 radical (unpaired) electrons. The molecule has 2 N–H and O–H groups in total.